The number of rotatable bonds is 3. The number of carbonyl (C=O) groups is 1. The second kappa shape index (κ2) is 5.67. The van der Waals surface area contributed by atoms with Crippen LogP contribution in [0.15, 0.2) is 22.2 Å². The van der Waals surface area contributed by atoms with Crippen LogP contribution in [0.25, 0.3) is 11.9 Å². The minimum atomic E-state index is -0.653. The van der Waals surface area contributed by atoms with Crippen molar-refractivity contribution in [2.45, 2.75) is 20.8 Å². The Balaban J connectivity index is 2.52. The number of esters is 1. The summed E-state index contributed by atoms with van der Waals surface area (Å²) in [5, 5.41) is 13.0. The fourth-order valence-corrected chi connectivity index (χ4v) is 2.15. The van der Waals surface area contributed by atoms with Crippen molar-refractivity contribution < 1.29 is 14.1 Å². The predicted octanol–water partition coefficient (Wildman–Crippen LogP) is 2.47. The summed E-state index contributed by atoms with van der Waals surface area (Å²) in [6.07, 6.45) is 1.51. The van der Waals surface area contributed by atoms with Crippen LogP contribution in [0.2, 0.25) is 0 Å². The van der Waals surface area contributed by atoms with Gasteiger partial charge in [-0.1, -0.05) is 5.16 Å². The molecule has 0 N–H and O–H groups in total. The van der Waals surface area contributed by atoms with Crippen LogP contribution >= 0.6 is 0 Å². The maximum Gasteiger partial charge on any atom is 0.348 e. The maximum atomic E-state index is 11.5. The first-order valence-electron chi connectivity index (χ1n) is 6.30. The highest BCUT2D eigenvalue weighted by Gasteiger charge is 2.15. The summed E-state index contributed by atoms with van der Waals surface area (Å²) in [6, 6.07) is 5.54. The van der Waals surface area contributed by atoms with Crippen LogP contribution in [0.3, 0.4) is 0 Å². The zero-order valence-electron chi connectivity index (χ0n) is 12.3. The number of carbonyl (C=O) groups excluding carboxylic acids is 1. The van der Waals surface area contributed by atoms with Gasteiger partial charge in [-0.3, -0.25) is 4.57 Å². The molecule has 0 aromatic carbocycles. The third-order valence-corrected chi connectivity index (χ3v) is 3.14. The monoisotopic (exact) mass is 285 g/mol. The van der Waals surface area contributed by atoms with Gasteiger partial charge >= 0.3 is 5.97 Å². The van der Waals surface area contributed by atoms with E-state index in [-0.39, 0.29) is 5.57 Å². The fraction of sp³-hybridized carbons (Fsp3) is 0.267. The van der Waals surface area contributed by atoms with E-state index in [2.05, 4.69) is 9.89 Å². The van der Waals surface area contributed by atoms with Crippen LogP contribution in [-0.4, -0.2) is 22.8 Å². The third-order valence-electron chi connectivity index (χ3n) is 3.14. The molecule has 0 saturated heterocycles. The van der Waals surface area contributed by atoms with E-state index >= 15 is 0 Å². The number of hydrogen-bond donors (Lipinski definition) is 0. The van der Waals surface area contributed by atoms with Crippen LogP contribution < -0.4 is 0 Å². The summed E-state index contributed by atoms with van der Waals surface area (Å²) in [5.74, 6) is 0.722. The Bertz CT molecular complexity index is 760. The normalized spacial score (nSPS) is 11.3. The first kappa shape index (κ1) is 14.6. The smallest absolute Gasteiger partial charge is 0.348 e. The number of ether oxygens (including phenoxy) is 1. The lowest BCUT2D eigenvalue weighted by atomic mass is 10.1. The van der Waals surface area contributed by atoms with Crippen LogP contribution in [0, 0.1) is 32.1 Å². The van der Waals surface area contributed by atoms with E-state index in [9.17, 15) is 4.79 Å². The minimum absolute atomic E-state index is 0.0471. The molecule has 0 fully saturated rings. The number of aromatic nitrogens is 2. The minimum Gasteiger partial charge on any atom is -0.465 e. The molecule has 108 valence electrons. The van der Waals surface area contributed by atoms with Crippen molar-refractivity contribution in [2.24, 2.45) is 0 Å². The number of nitriles is 1. The number of methoxy groups -OCH3 is 1. The zero-order chi connectivity index (χ0) is 15.6. The molecule has 6 heteroatoms. The zero-order valence-corrected chi connectivity index (χ0v) is 12.3. The molecule has 0 spiro atoms. The summed E-state index contributed by atoms with van der Waals surface area (Å²) < 4.78 is 11.6. The van der Waals surface area contributed by atoms with Crippen LogP contribution in [0.1, 0.15) is 22.7 Å². The average molecular weight is 285 g/mol. The molecule has 0 saturated carbocycles. The molecule has 0 radical (unpaired) electrons. The summed E-state index contributed by atoms with van der Waals surface area (Å²) in [6.45, 7) is 5.62. The number of nitrogens with zero attached hydrogens (tertiary/aromatic N) is 3. The van der Waals surface area contributed by atoms with Gasteiger partial charge in [-0.25, -0.2) is 4.79 Å². The lowest BCUT2D eigenvalue weighted by molar-refractivity contribution is -0.135. The van der Waals surface area contributed by atoms with Crippen molar-refractivity contribution in [3.05, 3.63) is 40.4 Å². The Morgan fingerprint density at radius 1 is 1.43 bits per heavy atom. The van der Waals surface area contributed by atoms with E-state index in [0.29, 0.717) is 11.6 Å². The maximum absolute atomic E-state index is 11.5. The summed E-state index contributed by atoms with van der Waals surface area (Å²) in [7, 11) is 1.25. The lowest BCUT2D eigenvalue weighted by Crippen LogP contribution is -2.03. The Labute approximate surface area is 122 Å². The second-order valence-corrected chi connectivity index (χ2v) is 4.62. The third kappa shape index (κ3) is 2.72. The molecule has 0 aliphatic heterocycles. The molecule has 0 bridgehead atoms. The van der Waals surface area contributed by atoms with E-state index in [0.717, 1.165) is 17.0 Å². The molecule has 2 aromatic rings. The second-order valence-electron chi connectivity index (χ2n) is 4.62. The summed E-state index contributed by atoms with van der Waals surface area (Å²) in [4.78, 5) is 11.5. The van der Waals surface area contributed by atoms with Crippen molar-refractivity contribution in [1.29, 1.82) is 5.26 Å². The van der Waals surface area contributed by atoms with Crippen LogP contribution in [0.4, 0.5) is 0 Å². The van der Waals surface area contributed by atoms with Crippen molar-refractivity contribution in [1.82, 2.24) is 9.72 Å². The van der Waals surface area contributed by atoms with Gasteiger partial charge in [-0.05, 0) is 38.5 Å². The number of aryl methyl sites for hydroxylation is 2. The predicted molar refractivity (Wildman–Crippen MR) is 75.6 cm³/mol. The highest BCUT2D eigenvalue weighted by Crippen LogP contribution is 2.22. The van der Waals surface area contributed by atoms with Gasteiger partial charge in [0.05, 0.1) is 7.11 Å². The van der Waals surface area contributed by atoms with Crippen molar-refractivity contribution >= 4 is 12.0 Å². The van der Waals surface area contributed by atoms with Gasteiger partial charge in [-0.2, -0.15) is 5.26 Å². The van der Waals surface area contributed by atoms with Crippen LogP contribution in [-0.2, 0) is 9.53 Å². The van der Waals surface area contributed by atoms with Gasteiger partial charge < -0.3 is 9.26 Å². The molecule has 0 unspecified atom stereocenters. The quantitative estimate of drug-likeness (QED) is 0.491. The Kier molecular flexibility index (Phi) is 3.94. The van der Waals surface area contributed by atoms with Crippen molar-refractivity contribution in [3.63, 3.8) is 0 Å². The van der Waals surface area contributed by atoms with Crippen molar-refractivity contribution in [2.75, 3.05) is 7.11 Å². The average Bonchev–Trinajstić information content (AvgIpc) is 2.99. The molecular weight excluding hydrogens is 270 g/mol. The molecule has 2 rings (SSSR count). The van der Waals surface area contributed by atoms with E-state index in [1.54, 1.807) is 0 Å². The highest BCUT2D eigenvalue weighted by atomic mass is 16.5. The molecule has 0 aliphatic carbocycles. The van der Waals surface area contributed by atoms with E-state index < -0.39 is 5.97 Å². The van der Waals surface area contributed by atoms with Gasteiger partial charge in [0.15, 0.2) is 5.82 Å². The van der Waals surface area contributed by atoms with Gasteiger partial charge in [0.2, 0.25) is 0 Å². The van der Waals surface area contributed by atoms with E-state index in [1.165, 1.54) is 13.2 Å². The highest BCUT2D eigenvalue weighted by molar-refractivity contribution is 5.98. The van der Waals surface area contributed by atoms with Gasteiger partial charge in [0.1, 0.15) is 17.4 Å². The summed E-state index contributed by atoms with van der Waals surface area (Å²) in [5.41, 5.74) is 2.50. The number of hydrogen-bond acceptors (Lipinski definition) is 5. The Morgan fingerprint density at radius 3 is 2.67 bits per heavy atom. The largest absolute Gasteiger partial charge is 0.465 e. The van der Waals surface area contributed by atoms with E-state index in [1.807, 2.05) is 43.5 Å². The van der Waals surface area contributed by atoms with E-state index in [4.69, 9.17) is 9.78 Å². The fourth-order valence-electron chi connectivity index (χ4n) is 2.15. The van der Waals surface area contributed by atoms with Gasteiger partial charge in [0.25, 0.3) is 0 Å². The van der Waals surface area contributed by atoms with Crippen molar-refractivity contribution in [3.8, 4) is 11.9 Å². The Morgan fingerprint density at radius 2 is 2.14 bits per heavy atom. The molecule has 0 atom stereocenters. The summed E-state index contributed by atoms with van der Waals surface area (Å²) >= 11 is 0. The molecule has 6 nitrogen and oxygen atoms in total. The Hall–Kier alpha value is -2.81. The topological polar surface area (TPSA) is 81.0 Å². The SMILES string of the molecule is COC(=O)/C(C#N)=C/c1cc(C)n(-c2cc(C)on2)c1C. The van der Waals surface area contributed by atoms with Gasteiger partial charge in [-0.15, -0.1) is 0 Å². The lowest BCUT2D eigenvalue weighted by Gasteiger charge is -2.04. The van der Waals surface area contributed by atoms with Gasteiger partial charge in [0, 0.05) is 17.5 Å². The first-order chi connectivity index (χ1) is 9.97. The molecule has 0 aliphatic rings. The molecule has 2 heterocycles. The first-order valence-corrected chi connectivity index (χ1v) is 6.30. The molecule has 0 amide bonds. The molecule has 21 heavy (non-hydrogen) atoms. The molecule has 2 aromatic heterocycles. The van der Waals surface area contributed by atoms with Crippen LogP contribution in [0.5, 0.6) is 0 Å². The standard InChI is InChI=1S/C15H15N3O3/c1-9-5-12(7-13(8-16)15(19)20-4)11(3)18(9)14-6-10(2)21-17-14/h5-7H,1-4H3/b13-7+. The molecular formula is C15H15N3O3.